The molecule has 1 heterocycles. The molecule has 0 bridgehead atoms. The summed E-state index contributed by atoms with van der Waals surface area (Å²) in [5.41, 5.74) is 0. The third-order valence-electron chi connectivity index (χ3n) is 3.70. The number of rotatable bonds is 4. The first-order valence-corrected chi connectivity index (χ1v) is 6.25. The largest absolute Gasteiger partial charge is 0.298 e. The van der Waals surface area contributed by atoms with Crippen LogP contribution in [0.15, 0.2) is 0 Å². The molecule has 2 atom stereocenters. The number of Topliss-reactive ketones (excluding diaryl/α,β-unsaturated/α-hetero) is 1. The SMILES string of the molecule is CCC(=O)[C@@H]1C[C@H](C(C)C)CN1C(C)C. The van der Waals surface area contributed by atoms with Gasteiger partial charge in [-0.05, 0) is 32.1 Å². The number of carbonyl (C=O) groups is 1. The molecule has 1 fully saturated rings. The lowest BCUT2D eigenvalue weighted by Crippen LogP contribution is -2.40. The highest BCUT2D eigenvalue weighted by Gasteiger charge is 2.37. The van der Waals surface area contributed by atoms with Crippen LogP contribution >= 0.6 is 0 Å². The van der Waals surface area contributed by atoms with Crippen LogP contribution in [0.25, 0.3) is 0 Å². The molecule has 15 heavy (non-hydrogen) atoms. The summed E-state index contributed by atoms with van der Waals surface area (Å²) in [5.74, 6) is 1.82. The Morgan fingerprint density at radius 2 is 1.93 bits per heavy atom. The number of hydrogen-bond donors (Lipinski definition) is 0. The van der Waals surface area contributed by atoms with Gasteiger partial charge >= 0.3 is 0 Å². The van der Waals surface area contributed by atoms with Gasteiger partial charge in [-0.3, -0.25) is 9.69 Å². The fourth-order valence-electron chi connectivity index (χ4n) is 2.50. The molecule has 1 rings (SSSR count). The van der Waals surface area contributed by atoms with Gasteiger partial charge in [0.2, 0.25) is 0 Å². The Morgan fingerprint density at radius 1 is 1.33 bits per heavy atom. The molecule has 0 saturated carbocycles. The Morgan fingerprint density at radius 3 is 2.33 bits per heavy atom. The third kappa shape index (κ3) is 2.81. The van der Waals surface area contributed by atoms with E-state index in [0.29, 0.717) is 30.1 Å². The molecule has 1 aliphatic rings. The summed E-state index contributed by atoms with van der Waals surface area (Å²) < 4.78 is 0. The van der Waals surface area contributed by atoms with E-state index in [1.165, 1.54) is 0 Å². The summed E-state index contributed by atoms with van der Waals surface area (Å²) in [6.07, 6.45) is 1.75. The summed E-state index contributed by atoms with van der Waals surface area (Å²) in [6, 6.07) is 0.691. The van der Waals surface area contributed by atoms with Gasteiger partial charge in [-0.2, -0.15) is 0 Å². The van der Waals surface area contributed by atoms with E-state index < -0.39 is 0 Å². The van der Waals surface area contributed by atoms with E-state index in [0.717, 1.165) is 13.0 Å². The van der Waals surface area contributed by atoms with Crippen LogP contribution < -0.4 is 0 Å². The highest BCUT2D eigenvalue weighted by atomic mass is 16.1. The molecule has 0 aliphatic carbocycles. The fourth-order valence-corrected chi connectivity index (χ4v) is 2.50. The minimum Gasteiger partial charge on any atom is -0.298 e. The first-order valence-electron chi connectivity index (χ1n) is 6.25. The highest BCUT2D eigenvalue weighted by Crippen LogP contribution is 2.31. The maximum absolute atomic E-state index is 11.9. The molecular weight excluding hydrogens is 186 g/mol. The van der Waals surface area contributed by atoms with E-state index in [-0.39, 0.29) is 6.04 Å². The number of nitrogens with zero attached hydrogens (tertiary/aromatic N) is 1. The van der Waals surface area contributed by atoms with E-state index >= 15 is 0 Å². The first kappa shape index (κ1) is 12.7. The zero-order chi connectivity index (χ0) is 11.6. The van der Waals surface area contributed by atoms with Gasteiger partial charge in [-0.25, -0.2) is 0 Å². The minimum atomic E-state index is 0.197. The molecule has 0 unspecified atom stereocenters. The predicted octanol–water partition coefficient (Wildman–Crippen LogP) is 2.72. The maximum Gasteiger partial charge on any atom is 0.149 e. The highest BCUT2D eigenvalue weighted by molar-refractivity contribution is 5.84. The average molecular weight is 211 g/mol. The predicted molar refractivity (Wildman–Crippen MR) is 63.9 cm³/mol. The molecule has 2 heteroatoms. The van der Waals surface area contributed by atoms with Gasteiger partial charge in [0.15, 0.2) is 0 Å². The number of hydrogen-bond acceptors (Lipinski definition) is 2. The molecule has 0 spiro atoms. The molecule has 1 saturated heterocycles. The van der Waals surface area contributed by atoms with Crippen LogP contribution in [0.4, 0.5) is 0 Å². The average Bonchev–Trinajstić information content (AvgIpc) is 2.61. The smallest absolute Gasteiger partial charge is 0.149 e. The second-order valence-corrected chi connectivity index (χ2v) is 5.37. The second-order valence-electron chi connectivity index (χ2n) is 5.37. The lowest BCUT2D eigenvalue weighted by Gasteiger charge is -2.27. The monoisotopic (exact) mass is 211 g/mol. The lowest BCUT2D eigenvalue weighted by molar-refractivity contribution is -0.123. The molecule has 0 aromatic rings. The summed E-state index contributed by atoms with van der Waals surface area (Å²) in [6.45, 7) is 12.0. The third-order valence-corrected chi connectivity index (χ3v) is 3.70. The van der Waals surface area contributed by atoms with Crippen molar-refractivity contribution in [2.45, 2.75) is 59.5 Å². The first-order chi connectivity index (χ1) is 6.97. The Hall–Kier alpha value is -0.370. The Balaban J connectivity index is 2.72. The van der Waals surface area contributed by atoms with Crippen LogP contribution in [0.1, 0.15) is 47.5 Å². The summed E-state index contributed by atoms with van der Waals surface area (Å²) in [4.78, 5) is 14.2. The maximum atomic E-state index is 11.9. The molecular formula is C13H25NO. The topological polar surface area (TPSA) is 20.3 Å². The Labute approximate surface area is 94.0 Å². The fraction of sp³-hybridized carbons (Fsp3) is 0.923. The lowest BCUT2D eigenvalue weighted by atomic mass is 9.92. The number of carbonyl (C=O) groups excluding carboxylic acids is 1. The Bertz CT molecular complexity index is 223. The van der Waals surface area contributed by atoms with Gasteiger partial charge in [0.05, 0.1) is 6.04 Å². The van der Waals surface area contributed by atoms with Gasteiger partial charge in [0.1, 0.15) is 5.78 Å². The van der Waals surface area contributed by atoms with Crippen molar-refractivity contribution in [2.75, 3.05) is 6.54 Å². The number of ketones is 1. The van der Waals surface area contributed by atoms with E-state index in [2.05, 4.69) is 32.6 Å². The quantitative estimate of drug-likeness (QED) is 0.712. The molecule has 0 amide bonds. The Kier molecular flexibility index (Phi) is 4.32. The van der Waals surface area contributed by atoms with Crippen molar-refractivity contribution in [3.05, 3.63) is 0 Å². The van der Waals surface area contributed by atoms with Gasteiger partial charge in [0.25, 0.3) is 0 Å². The summed E-state index contributed by atoms with van der Waals surface area (Å²) in [7, 11) is 0. The zero-order valence-electron chi connectivity index (χ0n) is 10.8. The molecule has 88 valence electrons. The van der Waals surface area contributed by atoms with E-state index in [1.807, 2.05) is 6.92 Å². The molecule has 0 N–H and O–H groups in total. The number of likely N-dealkylation sites (tertiary alicyclic amines) is 1. The zero-order valence-corrected chi connectivity index (χ0v) is 10.8. The molecule has 0 aromatic heterocycles. The van der Waals surface area contributed by atoms with Crippen LogP contribution in [0.3, 0.4) is 0 Å². The molecule has 0 radical (unpaired) electrons. The van der Waals surface area contributed by atoms with Crippen molar-refractivity contribution in [3.63, 3.8) is 0 Å². The van der Waals surface area contributed by atoms with E-state index in [9.17, 15) is 4.79 Å². The van der Waals surface area contributed by atoms with Crippen molar-refractivity contribution >= 4 is 5.78 Å². The van der Waals surface area contributed by atoms with Crippen LogP contribution in [0, 0.1) is 11.8 Å². The molecule has 1 aliphatic heterocycles. The van der Waals surface area contributed by atoms with E-state index in [1.54, 1.807) is 0 Å². The normalized spacial score (nSPS) is 27.9. The van der Waals surface area contributed by atoms with Gasteiger partial charge in [-0.1, -0.05) is 20.8 Å². The van der Waals surface area contributed by atoms with E-state index in [4.69, 9.17) is 0 Å². The molecule has 0 aromatic carbocycles. The standard InChI is InChI=1S/C13H25NO/c1-6-13(15)12-7-11(9(2)3)8-14(12)10(4)5/h9-12H,6-8H2,1-5H3/t11-,12-/m0/s1. The van der Waals surface area contributed by atoms with Crippen LogP contribution in [-0.2, 0) is 4.79 Å². The van der Waals surface area contributed by atoms with Gasteiger partial charge in [-0.15, -0.1) is 0 Å². The van der Waals surface area contributed by atoms with Crippen molar-refractivity contribution in [2.24, 2.45) is 11.8 Å². The second kappa shape index (κ2) is 5.11. The summed E-state index contributed by atoms with van der Waals surface area (Å²) >= 11 is 0. The van der Waals surface area contributed by atoms with Gasteiger partial charge < -0.3 is 0 Å². The van der Waals surface area contributed by atoms with Crippen molar-refractivity contribution < 1.29 is 4.79 Å². The summed E-state index contributed by atoms with van der Waals surface area (Å²) in [5, 5.41) is 0. The van der Waals surface area contributed by atoms with Crippen molar-refractivity contribution in [1.82, 2.24) is 4.90 Å². The molecule has 2 nitrogen and oxygen atoms in total. The van der Waals surface area contributed by atoms with Crippen molar-refractivity contribution in [3.8, 4) is 0 Å². The van der Waals surface area contributed by atoms with Crippen LogP contribution in [0.5, 0.6) is 0 Å². The minimum absolute atomic E-state index is 0.197. The van der Waals surface area contributed by atoms with Crippen LogP contribution in [0.2, 0.25) is 0 Å². The van der Waals surface area contributed by atoms with Gasteiger partial charge in [0, 0.05) is 19.0 Å². The van der Waals surface area contributed by atoms with Crippen LogP contribution in [-0.4, -0.2) is 29.3 Å². The van der Waals surface area contributed by atoms with Crippen molar-refractivity contribution in [1.29, 1.82) is 0 Å².